The lowest BCUT2D eigenvalue weighted by molar-refractivity contribution is -0.160. The average molecular weight is 260 g/mol. The fourth-order valence-electron chi connectivity index (χ4n) is 6.54. The van der Waals surface area contributed by atoms with Gasteiger partial charge in [-0.15, -0.1) is 0 Å². The molecule has 5 rings (SSSR count). The zero-order valence-electron chi connectivity index (χ0n) is 11.8. The lowest BCUT2D eigenvalue weighted by Gasteiger charge is -2.39. The first-order valence-electron chi connectivity index (χ1n) is 8.20. The Kier molecular flexibility index (Phi) is 2.18. The minimum absolute atomic E-state index is 0.266. The molecular weight excluding hydrogens is 236 g/mol. The van der Waals surface area contributed by atoms with E-state index >= 15 is 0 Å². The van der Waals surface area contributed by atoms with Crippen molar-refractivity contribution in [2.45, 2.75) is 38.4 Å². The summed E-state index contributed by atoms with van der Waals surface area (Å²) in [7, 11) is 0. The van der Waals surface area contributed by atoms with Crippen LogP contribution < -0.4 is 0 Å². The molecule has 4 aliphatic carbocycles. The molecule has 4 bridgehead atoms. The molecule has 0 radical (unpaired) electrons. The minimum atomic E-state index is -0.266. The number of allylic oxidation sites excluding steroid dienone is 2. The van der Waals surface area contributed by atoms with Crippen molar-refractivity contribution in [3.05, 3.63) is 12.2 Å². The average Bonchev–Trinajstić information content (AvgIpc) is 3.12. The molecule has 7 atom stereocenters. The molecule has 1 heterocycles. The van der Waals surface area contributed by atoms with Crippen LogP contribution in [0.5, 0.6) is 0 Å². The maximum atomic E-state index is 5.85. The summed E-state index contributed by atoms with van der Waals surface area (Å²) in [5, 5.41) is 0. The largest absolute Gasteiger partial charge is 0.348 e. The molecule has 2 nitrogen and oxygen atoms in total. The molecule has 2 heteroatoms. The van der Waals surface area contributed by atoms with Gasteiger partial charge in [0.1, 0.15) is 0 Å². The summed E-state index contributed by atoms with van der Waals surface area (Å²) in [5.41, 5.74) is 0. The van der Waals surface area contributed by atoms with E-state index in [-0.39, 0.29) is 5.79 Å². The van der Waals surface area contributed by atoms with E-state index < -0.39 is 0 Å². The second kappa shape index (κ2) is 3.65. The molecule has 0 aromatic rings. The molecule has 4 fully saturated rings. The van der Waals surface area contributed by atoms with Gasteiger partial charge in [-0.2, -0.15) is 0 Å². The highest BCUT2D eigenvalue weighted by atomic mass is 16.7. The standard InChI is InChI=1S/C17H24O2/c1-17(18-4-5-19-17)9-13-7-12-8-14(13)16-11-3-2-10(6-11)15(12)16/h2-3,10-16H,4-9H2,1H3. The molecule has 0 spiro atoms. The van der Waals surface area contributed by atoms with Crippen LogP contribution in [-0.4, -0.2) is 19.0 Å². The SMILES string of the molecule is CC1(CC2CC3CC2C2C4C=CC(C4)C32)OCCO1. The van der Waals surface area contributed by atoms with Crippen molar-refractivity contribution in [3.8, 4) is 0 Å². The molecule has 0 aromatic carbocycles. The monoisotopic (exact) mass is 260 g/mol. The summed E-state index contributed by atoms with van der Waals surface area (Å²) in [4.78, 5) is 0. The van der Waals surface area contributed by atoms with E-state index in [1.807, 2.05) is 0 Å². The van der Waals surface area contributed by atoms with Gasteiger partial charge in [0, 0.05) is 6.42 Å². The van der Waals surface area contributed by atoms with Gasteiger partial charge in [0.15, 0.2) is 5.79 Å². The summed E-state index contributed by atoms with van der Waals surface area (Å²) < 4.78 is 11.7. The van der Waals surface area contributed by atoms with E-state index in [1.54, 1.807) is 0 Å². The summed E-state index contributed by atoms with van der Waals surface area (Å²) in [6.45, 7) is 3.73. The van der Waals surface area contributed by atoms with Gasteiger partial charge in [-0.3, -0.25) is 0 Å². The molecule has 0 aromatic heterocycles. The van der Waals surface area contributed by atoms with Gasteiger partial charge in [0.2, 0.25) is 0 Å². The van der Waals surface area contributed by atoms with Gasteiger partial charge in [-0.1, -0.05) is 12.2 Å². The van der Waals surface area contributed by atoms with Crippen molar-refractivity contribution < 1.29 is 9.47 Å². The van der Waals surface area contributed by atoms with Gasteiger partial charge in [-0.05, 0) is 67.6 Å². The number of rotatable bonds is 2. The quantitative estimate of drug-likeness (QED) is 0.560. The van der Waals surface area contributed by atoms with Crippen molar-refractivity contribution in [2.75, 3.05) is 13.2 Å². The fraction of sp³-hybridized carbons (Fsp3) is 0.882. The van der Waals surface area contributed by atoms with Crippen LogP contribution in [0, 0.1) is 41.4 Å². The van der Waals surface area contributed by atoms with Crippen LogP contribution in [0.1, 0.15) is 32.6 Å². The minimum Gasteiger partial charge on any atom is -0.348 e. The predicted octanol–water partition coefficient (Wildman–Crippen LogP) is 3.23. The topological polar surface area (TPSA) is 18.5 Å². The zero-order chi connectivity index (χ0) is 12.6. The van der Waals surface area contributed by atoms with Gasteiger partial charge in [0.25, 0.3) is 0 Å². The first-order chi connectivity index (χ1) is 9.23. The smallest absolute Gasteiger partial charge is 0.166 e. The second-order valence-corrected chi connectivity index (χ2v) is 7.79. The third-order valence-electron chi connectivity index (χ3n) is 6.94. The molecule has 3 saturated carbocycles. The van der Waals surface area contributed by atoms with Gasteiger partial charge >= 0.3 is 0 Å². The number of fused-ring (bicyclic) bond motifs is 9. The Morgan fingerprint density at radius 2 is 1.74 bits per heavy atom. The van der Waals surface area contributed by atoms with Gasteiger partial charge in [0.05, 0.1) is 13.2 Å². The van der Waals surface area contributed by atoms with E-state index in [0.717, 1.165) is 61.1 Å². The van der Waals surface area contributed by atoms with Crippen LogP contribution >= 0.6 is 0 Å². The van der Waals surface area contributed by atoms with E-state index in [9.17, 15) is 0 Å². The Bertz CT molecular complexity index is 423. The van der Waals surface area contributed by atoms with Crippen LogP contribution in [0.3, 0.4) is 0 Å². The van der Waals surface area contributed by atoms with Gasteiger partial charge in [-0.25, -0.2) is 0 Å². The van der Waals surface area contributed by atoms with Crippen molar-refractivity contribution >= 4 is 0 Å². The van der Waals surface area contributed by atoms with Crippen LogP contribution in [0.25, 0.3) is 0 Å². The molecule has 0 amide bonds. The molecule has 1 saturated heterocycles. The Morgan fingerprint density at radius 1 is 1.00 bits per heavy atom. The fourth-order valence-corrected chi connectivity index (χ4v) is 6.54. The lowest BCUT2D eigenvalue weighted by atomic mass is 9.68. The molecule has 5 aliphatic rings. The van der Waals surface area contributed by atoms with Crippen molar-refractivity contribution in [2.24, 2.45) is 41.4 Å². The van der Waals surface area contributed by atoms with E-state index in [2.05, 4.69) is 19.1 Å². The van der Waals surface area contributed by atoms with E-state index in [1.165, 1.54) is 19.3 Å². The zero-order valence-corrected chi connectivity index (χ0v) is 11.8. The van der Waals surface area contributed by atoms with E-state index in [4.69, 9.17) is 9.47 Å². The number of hydrogen-bond donors (Lipinski definition) is 0. The summed E-state index contributed by atoms with van der Waals surface area (Å²) in [5.74, 6) is 6.52. The Hall–Kier alpha value is -0.340. The maximum Gasteiger partial charge on any atom is 0.166 e. The molecule has 104 valence electrons. The van der Waals surface area contributed by atoms with Crippen molar-refractivity contribution in [1.29, 1.82) is 0 Å². The summed E-state index contributed by atoms with van der Waals surface area (Å²) >= 11 is 0. The second-order valence-electron chi connectivity index (χ2n) is 7.79. The summed E-state index contributed by atoms with van der Waals surface area (Å²) in [6, 6.07) is 0. The Labute approximate surface area is 115 Å². The molecule has 1 aliphatic heterocycles. The van der Waals surface area contributed by atoms with Crippen LogP contribution in [0.2, 0.25) is 0 Å². The molecule has 7 unspecified atom stereocenters. The van der Waals surface area contributed by atoms with Crippen molar-refractivity contribution in [1.82, 2.24) is 0 Å². The first-order valence-corrected chi connectivity index (χ1v) is 8.20. The molecule has 0 N–H and O–H groups in total. The predicted molar refractivity (Wildman–Crippen MR) is 72.3 cm³/mol. The Balaban J connectivity index is 1.37. The van der Waals surface area contributed by atoms with Crippen LogP contribution in [-0.2, 0) is 9.47 Å². The number of hydrogen-bond acceptors (Lipinski definition) is 2. The number of ether oxygens (including phenoxy) is 2. The maximum absolute atomic E-state index is 5.85. The third kappa shape index (κ3) is 1.45. The Morgan fingerprint density at radius 3 is 2.53 bits per heavy atom. The third-order valence-corrected chi connectivity index (χ3v) is 6.94. The van der Waals surface area contributed by atoms with Crippen molar-refractivity contribution in [3.63, 3.8) is 0 Å². The highest BCUT2D eigenvalue weighted by Gasteiger charge is 2.61. The normalized spacial score (nSPS) is 56.2. The highest BCUT2D eigenvalue weighted by molar-refractivity contribution is 5.20. The van der Waals surface area contributed by atoms with Crippen LogP contribution in [0.4, 0.5) is 0 Å². The molecular formula is C17H24O2. The first kappa shape index (κ1) is 11.3. The van der Waals surface area contributed by atoms with Gasteiger partial charge < -0.3 is 9.47 Å². The summed E-state index contributed by atoms with van der Waals surface area (Å²) in [6.07, 6.45) is 10.6. The van der Waals surface area contributed by atoms with Crippen LogP contribution in [0.15, 0.2) is 12.2 Å². The highest BCUT2D eigenvalue weighted by Crippen LogP contribution is 2.67. The molecule has 19 heavy (non-hydrogen) atoms. The van der Waals surface area contributed by atoms with E-state index in [0.29, 0.717) is 0 Å². The lowest BCUT2D eigenvalue weighted by Crippen LogP contribution is -2.36.